The van der Waals surface area contributed by atoms with Gasteiger partial charge in [-0.15, -0.1) is 0 Å². The zero-order chi connectivity index (χ0) is 24.0. The van der Waals surface area contributed by atoms with Crippen LogP contribution in [0.1, 0.15) is 53.0 Å². The molecule has 1 aliphatic carbocycles. The summed E-state index contributed by atoms with van der Waals surface area (Å²) in [6.45, 7) is 8.38. The molecule has 1 fully saturated rings. The SMILES string of the molecule is CC(=O)O[C@H]1C[C@@H](C(C)(C)OC(C)=O)CC2Cc3c(cc(-c4cccnc4)oc3=O)O[C@@]21C. The summed E-state index contributed by atoms with van der Waals surface area (Å²) in [5, 5.41) is 0. The van der Waals surface area contributed by atoms with Gasteiger partial charge < -0.3 is 18.6 Å². The van der Waals surface area contributed by atoms with E-state index in [1.165, 1.54) is 13.8 Å². The second-order valence-corrected chi connectivity index (χ2v) is 9.63. The number of hydrogen-bond donors (Lipinski definition) is 0. The van der Waals surface area contributed by atoms with E-state index in [-0.39, 0.29) is 17.8 Å². The highest BCUT2D eigenvalue weighted by Crippen LogP contribution is 2.50. The summed E-state index contributed by atoms with van der Waals surface area (Å²) in [5.41, 5.74) is -0.949. The van der Waals surface area contributed by atoms with Crippen molar-refractivity contribution in [1.82, 2.24) is 4.98 Å². The fraction of sp³-hybridized carbons (Fsp3) is 0.520. The van der Waals surface area contributed by atoms with Crippen LogP contribution in [0.3, 0.4) is 0 Å². The second kappa shape index (κ2) is 8.32. The molecule has 4 atom stereocenters. The van der Waals surface area contributed by atoms with Gasteiger partial charge in [0.1, 0.15) is 28.8 Å². The van der Waals surface area contributed by atoms with Crippen molar-refractivity contribution in [2.24, 2.45) is 11.8 Å². The zero-order valence-corrected chi connectivity index (χ0v) is 19.5. The Morgan fingerprint density at radius 2 is 1.97 bits per heavy atom. The van der Waals surface area contributed by atoms with Gasteiger partial charge in [0.25, 0.3) is 0 Å². The molecule has 2 aromatic rings. The number of fused-ring (bicyclic) bond motifs is 2. The van der Waals surface area contributed by atoms with Crippen LogP contribution in [0, 0.1) is 11.8 Å². The first-order chi connectivity index (χ1) is 15.5. The minimum Gasteiger partial charge on any atom is -0.483 e. The van der Waals surface area contributed by atoms with Gasteiger partial charge in [-0.1, -0.05) is 0 Å². The van der Waals surface area contributed by atoms with Gasteiger partial charge in [0.05, 0.1) is 5.56 Å². The maximum atomic E-state index is 12.9. The Hall–Kier alpha value is -3.16. The van der Waals surface area contributed by atoms with Gasteiger partial charge in [-0.05, 0) is 52.2 Å². The van der Waals surface area contributed by atoms with Crippen molar-refractivity contribution < 1.29 is 28.2 Å². The molecule has 1 unspecified atom stereocenters. The lowest BCUT2D eigenvalue weighted by Crippen LogP contribution is -2.61. The molecule has 176 valence electrons. The average molecular weight is 456 g/mol. The molecule has 0 radical (unpaired) electrons. The van der Waals surface area contributed by atoms with E-state index in [2.05, 4.69) is 4.98 Å². The van der Waals surface area contributed by atoms with Crippen LogP contribution in [0.4, 0.5) is 0 Å². The van der Waals surface area contributed by atoms with Crippen molar-refractivity contribution in [3.8, 4) is 17.1 Å². The fourth-order valence-electron chi connectivity index (χ4n) is 5.16. The van der Waals surface area contributed by atoms with E-state index >= 15 is 0 Å². The molecule has 2 aromatic heterocycles. The van der Waals surface area contributed by atoms with Crippen LogP contribution >= 0.6 is 0 Å². The summed E-state index contributed by atoms with van der Waals surface area (Å²) in [5.74, 6) is -0.220. The minimum absolute atomic E-state index is 0.0873. The number of rotatable bonds is 4. The van der Waals surface area contributed by atoms with Gasteiger partial charge >= 0.3 is 17.6 Å². The summed E-state index contributed by atoms with van der Waals surface area (Å²) in [7, 11) is 0. The smallest absolute Gasteiger partial charge is 0.343 e. The molecule has 8 nitrogen and oxygen atoms in total. The molecule has 1 saturated carbocycles. The number of pyridine rings is 1. The lowest BCUT2D eigenvalue weighted by molar-refractivity contribution is -0.193. The van der Waals surface area contributed by atoms with Gasteiger partial charge in [-0.2, -0.15) is 0 Å². The Labute approximate surface area is 192 Å². The van der Waals surface area contributed by atoms with E-state index in [1.807, 2.05) is 20.8 Å². The van der Waals surface area contributed by atoms with E-state index in [1.54, 1.807) is 30.6 Å². The van der Waals surface area contributed by atoms with E-state index in [0.717, 1.165) is 0 Å². The van der Waals surface area contributed by atoms with E-state index < -0.39 is 28.9 Å². The average Bonchev–Trinajstić information content (AvgIpc) is 2.72. The van der Waals surface area contributed by atoms with Crippen molar-refractivity contribution >= 4 is 11.9 Å². The van der Waals surface area contributed by atoms with Gasteiger partial charge in [0.2, 0.25) is 0 Å². The summed E-state index contributed by atoms with van der Waals surface area (Å²) >= 11 is 0. The van der Waals surface area contributed by atoms with Crippen LogP contribution in [0.15, 0.2) is 39.8 Å². The van der Waals surface area contributed by atoms with Crippen LogP contribution < -0.4 is 10.4 Å². The number of carbonyl (C=O) groups excluding carboxylic acids is 2. The fourth-order valence-corrected chi connectivity index (χ4v) is 5.16. The standard InChI is InChI=1S/C25H29NO7/c1-14(27)30-22-11-17(24(3,4)32-15(2)28)9-18-10-19-21(33-25(18,22)5)12-20(31-23(19)29)16-7-6-8-26-13-16/h6-8,12-13,17-18,22H,9-11H2,1-5H3/t17-,18?,22-,25-/m0/s1. The first-order valence-electron chi connectivity index (χ1n) is 11.1. The predicted octanol–water partition coefficient (Wildman–Crippen LogP) is 3.70. The highest BCUT2D eigenvalue weighted by molar-refractivity contribution is 5.67. The van der Waals surface area contributed by atoms with Crippen LogP contribution in [0.25, 0.3) is 11.3 Å². The molecule has 0 bridgehead atoms. The molecular weight excluding hydrogens is 426 g/mol. The largest absolute Gasteiger partial charge is 0.483 e. The highest BCUT2D eigenvalue weighted by atomic mass is 16.6. The Kier molecular flexibility index (Phi) is 5.80. The monoisotopic (exact) mass is 455 g/mol. The van der Waals surface area contributed by atoms with Crippen LogP contribution in [-0.4, -0.2) is 34.2 Å². The summed E-state index contributed by atoms with van der Waals surface area (Å²) in [6, 6.07) is 5.26. The molecule has 0 aromatic carbocycles. The Balaban J connectivity index is 1.73. The molecule has 8 heteroatoms. The first-order valence-corrected chi connectivity index (χ1v) is 11.1. The molecule has 3 heterocycles. The molecule has 4 rings (SSSR count). The first kappa shape index (κ1) is 23.0. The zero-order valence-electron chi connectivity index (χ0n) is 19.5. The van der Waals surface area contributed by atoms with Crippen LogP contribution in [0.2, 0.25) is 0 Å². The summed E-state index contributed by atoms with van der Waals surface area (Å²) in [6.07, 6.45) is 4.20. The van der Waals surface area contributed by atoms with Gasteiger partial charge in [-0.25, -0.2) is 4.79 Å². The van der Waals surface area contributed by atoms with Crippen molar-refractivity contribution in [2.75, 3.05) is 0 Å². The number of aromatic nitrogens is 1. The summed E-state index contributed by atoms with van der Waals surface area (Å²) in [4.78, 5) is 40.6. The topological polar surface area (TPSA) is 105 Å². The maximum absolute atomic E-state index is 12.9. The number of ether oxygens (including phenoxy) is 3. The number of esters is 2. The number of nitrogens with zero attached hydrogens (tertiary/aromatic N) is 1. The van der Waals surface area contributed by atoms with Gasteiger partial charge in [0, 0.05) is 49.7 Å². The van der Waals surface area contributed by atoms with Gasteiger partial charge in [-0.3, -0.25) is 14.6 Å². The van der Waals surface area contributed by atoms with Crippen molar-refractivity contribution in [1.29, 1.82) is 0 Å². The Morgan fingerprint density at radius 3 is 2.61 bits per heavy atom. The quantitative estimate of drug-likeness (QED) is 0.643. The van der Waals surface area contributed by atoms with E-state index in [9.17, 15) is 14.4 Å². The van der Waals surface area contributed by atoms with Crippen molar-refractivity contribution in [3.63, 3.8) is 0 Å². The third kappa shape index (κ3) is 4.38. The Morgan fingerprint density at radius 1 is 1.21 bits per heavy atom. The third-order valence-electron chi connectivity index (χ3n) is 6.95. The molecule has 0 saturated heterocycles. The molecular formula is C25H29NO7. The van der Waals surface area contributed by atoms with Gasteiger partial charge in [0.15, 0.2) is 0 Å². The maximum Gasteiger partial charge on any atom is 0.343 e. The van der Waals surface area contributed by atoms with Crippen molar-refractivity contribution in [2.45, 2.75) is 71.2 Å². The molecule has 33 heavy (non-hydrogen) atoms. The molecule has 1 aliphatic heterocycles. The second-order valence-electron chi connectivity index (χ2n) is 9.63. The molecule has 0 spiro atoms. The van der Waals surface area contributed by atoms with Crippen LogP contribution in [-0.2, 0) is 25.5 Å². The normalized spacial score (nSPS) is 26.4. The number of hydrogen-bond acceptors (Lipinski definition) is 8. The number of carbonyl (C=O) groups is 2. The molecule has 0 amide bonds. The van der Waals surface area contributed by atoms with Crippen LogP contribution in [0.5, 0.6) is 5.75 Å². The highest BCUT2D eigenvalue weighted by Gasteiger charge is 2.56. The Bertz CT molecular complexity index is 1120. The summed E-state index contributed by atoms with van der Waals surface area (Å²) < 4.78 is 23.4. The lowest BCUT2D eigenvalue weighted by Gasteiger charge is -2.53. The lowest BCUT2D eigenvalue weighted by atomic mass is 9.63. The predicted molar refractivity (Wildman–Crippen MR) is 119 cm³/mol. The third-order valence-corrected chi connectivity index (χ3v) is 6.95. The minimum atomic E-state index is -0.846. The van der Waals surface area contributed by atoms with Crippen molar-refractivity contribution in [3.05, 3.63) is 46.6 Å². The molecule has 2 aliphatic rings. The van der Waals surface area contributed by atoms with E-state index in [0.29, 0.717) is 41.9 Å². The van der Waals surface area contributed by atoms with E-state index in [4.69, 9.17) is 18.6 Å². The molecule has 0 N–H and O–H groups in total.